The van der Waals surface area contributed by atoms with Crippen molar-refractivity contribution in [2.75, 3.05) is 86.9 Å². The van der Waals surface area contributed by atoms with Crippen LogP contribution >= 0.6 is 0 Å². The Morgan fingerprint density at radius 1 is 0.615 bits per heavy atom. The molecule has 0 saturated heterocycles. The second-order valence-corrected chi connectivity index (χ2v) is 11.2. The van der Waals surface area contributed by atoms with Gasteiger partial charge in [0.05, 0.1) is 11.1 Å². The van der Waals surface area contributed by atoms with Crippen molar-refractivity contribution in [3.63, 3.8) is 0 Å². The zero-order valence-electron chi connectivity index (χ0n) is 24.0. The Balaban J connectivity index is 1.81. The van der Waals surface area contributed by atoms with Gasteiger partial charge in [-0.25, -0.2) is 0 Å². The molecule has 0 bridgehead atoms. The lowest BCUT2D eigenvalue weighted by Crippen LogP contribution is -2.44. The van der Waals surface area contributed by atoms with Crippen LogP contribution in [0, 0.1) is 0 Å². The van der Waals surface area contributed by atoms with E-state index in [-0.39, 0.29) is 24.3 Å². The van der Waals surface area contributed by atoms with Crippen molar-refractivity contribution in [1.82, 2.24) is 24.5 Å². The van der Waals surface area contributed by atoms with Gasteiger partial charge in [-0.15, -0.1) is 0 Å². The largest absolute Gasteiger partial charge is 0.384 e. The van der Waals surface area contributed by atoms with Crippen LogP contribution in [0.5, 0.6) is 0 Å². The zero-order chi connectivity index (χ0) is 28.4. The van der Waals surface area contributed by atoms with Crippen LogP contribution in [0.4, 0.5) is 5.69 Å². The summed E-state index contributed by atoms with van der Waals surface area (Å²) < 4.78 is 0. The molecule has 0 saturated carbocycles. The maximum atomic E-state index is 13.9. The number of hydrogen-bond donors (Lipinski definition) is 1. The van der Waals surface area contributed by atoms with Crippen LogP contribution < -0.4 is 5.32 Å². The highest BCUT2D eigenvalue weighted by molar-refractivity contribution is 6.34. The molecule has 2 aromatic rings. The minimum absolute atomic E-state index is 0.290. The molecule has 0 radical (unpaired) electrons. The van der Waals surface area contributed by atoms with Crippen molar-refractivity contribution in [2.24, 2.45) is 0 Å². The van der Waals surface area contributed by atoms with Crippen LogP contribution in [-0.4, -0.2) is 130 Å². The molecular weight excluding hydrogens is 496 g/mol. The van der Waals surface area contributed by atoms with Crippen LogP contribution in [0.2, 0.25) is 0 Å². The summed E-state index contributed by atoms with van der Waals surface area (Å²) >= 11 is 0. The Morgan fingerprint density at radius 2 is 1.08 bits per heavy atom. The molecule has 39 heavy (non-hydrogen) atoms. The average Bonchev–Trinajstić information content (AvgIpc) is 2.87. The third-order valence-electron chi connectivity index (χ3n) is 7.24. The maximum Gasteiger partial charge on any atom is 0.263 e. The fraction of sp³-hybridized carbons (Fsp3) is 0.517. The summed E-state index contributed by atoms with van der Waals surface area (Å²) in [6, 6.07) is 4.98. The van der Waals surface area contributed by atoms with E-state index in [1.54, 1.807) is 18.2 Å². The third kappa shape index (κ3) is 5.68. The molecule has 0 atom stereocenters. The first-order valence-corrected chi connectivity index (χ1v) is 13.6. The van der Waals surface area contributed by atoms with Crippen molar-refractivity contribution in [3.8, 4) is 0 Å². The zero-order valence-corrected chi connectivity index (χ0v) is 24.0. The minimum atomic E-state index is -0.390. The highest BCUT2D eigenvalue weighted by Gasteiger charge is 2.41. The first-order valence-electron chi connectivity index (χ1n) is 13.6. The Bertz CT molecular complexity index is 1300. The summed E-state index contributed by atoms with van der Waals surface area (Å²) in [4.78, 5) is 63.3. The van der Waals surface area contributed by atoms with Gasteiger partial charge in [0.2, 0.25) is 0 Å². The van der Waals surface area contributed by atoms with Crippen molar-refractivity contribution in [2.45, 2.75) is 19.3 Å². The van der Waals surface area contributed by atoms with Crippen LogP contribution in [0.25, 0.3) is 10.8 Å². The summed E-state index contributed by atoms with van der Waals surface area (Å²) in [6.45, 7) is 3.50. The lowest BCUT2D eigenvalue weighted by Gasteiger charge is -2.33. The van der Waals surface area contributed by atoms with Crippen molar-refractivity contribution >= 4 is 40.1 Å². The Kier molecular flexibility index (Phi) is 8.68. The van der Waals surface area contributed by atoms with Crippen LogP contribution in [0.3, 0.4) is 0 Å². The van der Waals surface area contributed by atoms with E-state index in [2.05, 4.69) is 10.2 Å². The molecule has 0 fully saturated rings. The number of amides is 4. The SMILES string of the molecule is CN(C)CCCNc1cc2c3c(ccc4c3c1C(=O)N(CCCN(C)C)C4=O)C(=O)N(CCCN(C)C)C2=O. The van der Waals surface area contributed by atoms with Gasteiger partial charge in [0.15, 0.2) is 0 Å². The third-order valence-corrected chi connectivity index (χ3v) is 7.24. The van der Waals surface area contributed by atoms with Crippen molar-refractivity contribution in [3.05, 3.63) is 40.5 Å². The molecule has 2 aromatic carbocycles. The molecular formula is C29H40N6O4. The van der Waals surface area contributed by atoms with Gasteiger partial charge >= 0.3 is 0 Å². The highest BCUT2D eigenvalue weighted by Crippen LogP contribution is 2.41. The number of anilines is 1. The lowest BCUT2D eigenvalue weighted by molar-refractivity contribution is 0.0584. The van der Waals surface area contributed by atoms with Gasteiger partial charge in [0.1, 0.15) is 0 Å². The highest BCUT2D eigenvalue weighted by atomic mass is 16.2. The minimum Gasteiger partial charge on any atom is -0.384 e. The lowest BCUT2D eigenvalue weighted by atomic mass is 9.84. The van der Waals surface area contributed by atoms with E-state index in [4.69, 9.17) is 0 Å². The van der Waals surface area contributed by atoms with E-state index >= 15 is 0 Å². The summed E-state index contributed by atoms with van der Waals surface area (Å²) in [6.07, 6.45) is 2.12. The van der Waals surface area contributed by atoms with Gasteiger partial charge in [-0.2, -0.15) is 0 Å². The van der Waals surface area contributed by atoms with Crippen molar-refractivity contribution in [1.29, 1.82) is 0 Å². The Hall–Kier alpha value is -3.34. The van der Waals surface area contributed by atoms with E-state index in [1.165, 1.54) is 9.80 Å². The molecule has 4 rings (SSSR count). The molecule has 210 valence electrons. The van der Waals surface area contributed by atoms with Crippen LogP contribution in [0.1, 0.15) is 60.7 Å². The monoisotopic (exact) mass is 536 g/mol. The van der Waals surface area contributed by atoms with Gasteiger partial charge in [0.25, 0.3) is 23.6 Å². The quantitative estimate of drug-likeness (QED) is 0.308. The molecule has 2 heterocycles. The number of benzene rings is 2. The Labute approximate surface area is 230 Å². The van der Waals surface area contributed by atoms with Gasteiger partial charge in [-0.1, -0.05) is 0 Å². The molecule has 2 aliphatic heterocycles. The average molecular weight is 537 g/mol. The van der Waals surface area contributed by atoms with E-state index < -0.39 is 5.91 Å². The first kappa shape index (κ1) is 28.7. The number of nitrogens with zero attached hydrogens (tertiary/aromatic N) is 5. The molecule has 0 spiro atoms. The summed E-state index contributed by atoms with van der Waals surface area (Å²) in [5, 5.41) is 4.20. The molecule has 10 nitrogen and oxygen atoms in total. The molecule has 1 N–H and O–H groups in total. The van der Waals surface area contributed by atoms with Gasteiger partial charge < -0.3 is 20.0 Å². The first-order chi connectivity index (χ1) is 18.5. The molecule has 0 aliphatic carbocycles. The Morgan fingerprint density at radius 3 is 1.62 bits per heavy atom. The van der Waals surface area contributed by atoms with E-state index in [1.807, 2.05) is 52.1 Å². The van der Waals surface area contributed by atoms with E-state index in [0.717, 1.165) is 26.1 Å². The second kappa shape index (κ2) is 11.8. The van der Waals surface area contributed by atoms with E-state index in [9.17, 15) is 19.2 Å². The van der Waals surface area contributed by atoms with Crippen LogP contribution in [0.15, 0.2) is 18.2 Å². The standard InChI is InChI=1S/C29H40N6O4/c1-31(2)13-7-12-30-22-18-21-23-19(26(36)34(28(21)38)16-8-14-32(3)4)10-11-20-24(23)25(22)29(39)35(27(20)37)17-9-15-33(5)6/h10-11,18,30H,7-9,12-17H2,1-6H3. The number of carbonyl (C=O) groups is 4. The number of imide groups is 2. The summed E-state index contributed by atoms with van der Waals surface area (Å²) in [5.74, 6) is -1.55. The smallest absolute Gasteiger partial charge is 0.263 e. The number of nitrogens with one attached hydrogen (secondary N) is 1. The number of rotatable bonds is 13. The fourth-order valence-corrected chi connectivity index (χ4v) is 5.32. The summed E-state index contributed by atoms with van der Waals surface area (Å²) in [5.41, 5.74) is 1.96. The molecule has 2 aliphatic rings. The normalized spacial score (nSPS) is 15.1. The maximum absolute atomic E-state index is 13.9. The van der Waals surface area contributed by atoms with Gasteiger partial charge in [-0.3, -0.25) is 29.0 Å². The topological polar surface area (TPSA) is 96.5 Å². The fourth-order valence-electron chi connectivity index (χ4n) is 5.32. The second-order valence-electron chi connectivity index (χ2n) is 11.2. The van der Waals surface area contributed by atoms with Gasteiger partial charge in [0, 0.05) is 47.2 Å². The predicted octanol–water partition coefficient (Wildman–Crippen LogP) is 2.30. The predicted molar refractivity (Wildman–Crippen MR) is 153 cm³/mol. The number of carbonyl (C=O) groups excluding carboxylic acids is 4. The summed E-state index contributed by atoms with van der Waals surface area (Å²) in [7, 11) is 11.8. The van der Waals surface area contributed by atoms with E-state index in [0.29, 0.717) is 64.6 Å². The molecule has 4 amide bonds. The van der Waals surface area contributed by atoms with Gasteiger partial charge in [-0.05, 0) is 99.4 Å². The molecule has 10 heteroatoms. The molecule has 0 aromatic heterocycles. The molecule has 0 unspecified atom stereocenters. The number of hydrogen-bond acceptors (Lipinski definition) is 8. The van der Waals surface area contributed by atoms with Crippen molar-refractivity contribution < 1.29 is 19.2 Å². The van der Waals surface area contributed by atoms with Crippen LogP contribution in [-0.2, 0) is 0 Å².